The van der Waals surface area contributed by atoms with Gasteiger partial charge in [-0.15, -0.1) is 0 Å². The molecule has 0 bridgehead atoms. The number of anilines is 1. The van der Waals surface area contributed by atoms with Crippen LogP contribution >= 0.6 is 11.8 Å². The molecule has 1 atom stereocenters. The van der Waals surface area contributed by atoms with Crippen LogP contribution in [0.3, 0.4) is 0 Å². The number of hydrogen-bond donors (Lipinski definition) is 1. The molecule has 0 spiro atoms. The van der Waals surface area contributed by atoms with Crippen LogP contribution in [0.4, 0.5) is 11.4 Å². The molecule has 0 radical (unpaired) electrons. The lowest BCUT2D eigenvalue weighted by Crippen LogP contribution is -2.35. The van der Waals surface area contributed by atoms with Gasteiger partial charge in [-0.1, -0.05) is 29.5 Å². The first-order valence-electron chi connectivity index (χ1n) is 10.2. The monoisotopic (exact) mass is 423 g/mol. The molecule has 4 rings (SSSR count). The van der Waals surface area contributed by atoms with Gasteiger partial charge in [-0.2, -0.15) is 0 Å². The van der Waals surface area contributed by atoms with Crippen LogP contribution in [-0.4, -0.2) is 39.8 Å². The minimum Gasteiger partial charge on any atom is -0.494 e. The molecule has 7 heteroatoms. The van der Waals surface area contributed by atoms with E-state index in [2.05, 4.69) is 5.32 Å². The Bertz CT molecular complexity index is 953. The zero-order chi connectivity index (χ0) is 21.1. The number of hydrogen-bond acceptors (Lipinski definition) is 5. The van der Waals surface area contributed by atoms with Gasteiger partial charge in [0.25, 0.3) is 0 Å². The summed E-state index contributed by atoms with van der Waals surface area (Å²) in [6.45, 7) is 4.55. The molecule has 2 aromatic carbocycles. The molecule has 30 heavy (non-hydrogen) atoms. The lowest BCUT2D eigenvalue weighted by Gasteiger charge is -2.15. The molecular weight excluding hydrogens is 398 g/mol. The van der Waals surface area contributed by atoms with Crippen molar-refractivity contribution in [2.45, 2.75) is 44.4 Å². The number of ether oxygens (including phenoxy) is 1. The molecule has 2 aromatic rings. The van der Waals surface area contributed by atoms with Gasteiger partial charge in [0.2, 0.25) is 11.8 Å². The van der Waals surface area contributed by atoms with Crippen molar-refractivity contribution < 1.29 is 14.3 Å². The first kappa shape index (κ1) is 20.5. The number of aliphatic imine (C=N–C) groups is 1. The fourth-order valence-corrected chi connectivity index (χ4v) is 4.49. The van der Waals surface area contributed by atoms with Crippen LogP contribution in [0.1, 0.15) is 31.7 Å². The van der Waals surface area contributed by atoms with Crippen LogP contribution in [0.2, 0.25) is 0 Å². The average molecular weight is 424 g/mol. The summed E-state index contributed by atoms with van der Waals surface area (Å²) < 4.78 is 5.42. The summed E-state index contributed by atoms with van der Waals surface area (Å²) in [4.78, 5) is 32.0. The average Bonchev–Trinajstić information content (AvgIpc) is 3.51. The van der Waals surface area contributed by atoms with Gasteiger partial charge in [0.15, 0.2) is 5.17 Å². The minimum atomic E-state index is -0.447. The summed E-state index contributed by atoms with van der Waals surface area (Å²) in [5.41, 5.74) is 2.67. The zero-order valence-electron chi connectivity index (χ0n) is 17.1. The Morgan fingerprint density at radius 1 is 1.17 bits per heavy atom. The van der Waals surface area contributed by atoms with Crippen molar-refractivity contribution in [3.05, 3.63) is 54.1 Å². The van der Waals surface area contributed by atoms with Crippen molar-refractivity contribution in [3.63, 3.8) is 0 Å². The van der Waals surface area contributed by atoms with Crippen molar-refractivity contribution in [3.8, 4) is 5.75 Å². The first-order valence-corrected chi connectivity index (χ1v) is 11.1. The van der Waals surface area contributed by atoms with E-state index in [-0.39, 0.29) is 24.3 Å². The predicted molar refractivity (Wildman–Crippen MR) is 120 cm³/mol. The number of carbonyl (C=O) groups is 2. The number of carbonyl (C=O) groups excluding carboxylic acids is 2. The lowest BCUT2D eigenvalue weighted by atomic mass is 10.2. The maximum atomic E-state index is 13.0. The number of thioether (sulfide) groups is 1. The van der Waals surface area contributed by atoms with Crippen LogP contribution < -0.4 is 10.1 Å². The number of nitrogens with zero attached hydrogens (tertiary/aromatic N) is 2. The van der Waals surface area contributed by atoms with E-state index in [1.807, 2.05) is 50.2 Å². The van der Waals surface area contributed by atoms with Gasteiger partial charge >= 0.3 is 0 Å². The standard InChI is InChI=1S/C23H25N3O3S/c1-3-29-19-12-8-16(9-13-19)24-21(27)14-20-22(28)26(18-10-11-18)23(30-20)25-17-6-4-15(2)5-7-17/h4-9,12-13,18,20H,3,10-11,14H2,1-2H3,(H,24,27)/t20-/m1/s1. The topological polar surface area (TPSA) is 71.0 Å². The van der Waals surface area contributed by atoms with Gasteiger partial charge in [0, 0.05) is 18.2 Å². The number of amides is 2. The second-order valence-corrected chi connectivity index (χ2v) is 8.66. The van der Waals surface area contributed by atoms with Crippen LogP contribution in [0, 0.1) is 6.92 Å². The molecule has 156 valence electrons. The van der Waals surface area contributed by atoms with Gasteiger partial charge in [-0.3, -0.25) is 14.5 Å². The van der Waals surface area contributed by atoms with Crippen LogP contribution in [0.5, 0.6) is 5.75 Å². The fraction of sp³-hybridized carbons (Fsp3) is 0.348. The summed E-state index contributed by atoms with van der Waals surface area (Å²) in [7, 11) is 0. The third-order valence-electron chi connectivity index (χ3n) is 4.96. The number of rotatable bonds is 7. The van der Waals surface area contributed by atoms with Crippen molar-refractivity contribution in [1.82, 2.24) is 4.90 Å². The molecule has 1 aliphatic carbocycles. The first-order chi connectivity index (χ1) is 14.5. The van der Waals surface area contributed by atoms with Crippen LogP contribution in [-0.2, 0) is 9.59 Å². The largest absolute Gasteiger partial charge is 0.494 e. The summed E-state index contributed by atoms with van der Waals surface area (Å²) in [6.07, 6.45) is 2.10. The Hall–Kier alpha value is -2.80. The molecule has 2 aliphatic rings. The summed E-state index contributed by atoms with van der Waals surface area (Å²) in [5.74, 6) is 0.557. The Kier molecular flexibility index (Phi) is 6.08. The van der Waals surface area contributed by atoms with E-state index < -0.39 is 5.25 Å². The molecular formula is C23H25N3O3S. The Balaban J connectivity index is 1.43. The van der Waals surface area contributed by atoms with Crippen LogP contribution in [0.15, 0.2) is 53.5 Å². The maximum absolute atomic E-state index is 13.0. The number of aryl methyl sites for hydroxylation is 1. The normalized spacial score (nSPS) is 19.9. The van der Waals surface area contributed by atoms with Crippen molar-refractivity contribution >= 4 is 40.1 Å². The minimum absolute atomic E-state index is 0.0183. The van der Waals surface area contributed by atoms with Gasteiger partial charge < -0.3 is 10.1 Å². The lowest BCUT2D eigenvalue weighted by molar-refractivity contribution is -0.128. The van der Waals surface area contributed by atoms with E-state index >= 15 is 0 Å². The highest BCUT2D eigenvalue weighted by Crippen LogP contribution is 2.39. The third kappa shape index (κ3) is 4.84. The van der Waals surface area contributed by atoms with Crippen molar-refractivity contribution in [2.24, 2.45) is 4.99 Å². The highest BCUT2D eigenvalue weighted by Gasteiger charge is 2.46. The Morgan fingerprint density at radius 3 is 2.50 bits per heavy atom. The molecule has 2 fully saturated rings. The molecule has 2 amide bonds. The van der Waals surface area contributed by atoms with E-state index in [4.69, 9.17) is 9.73 Å². The second-order valence-electron chi connectivity index (χ2n) is 7.49. The highest BCUT2D eigenvalue weighted by molar-refractivity contribution is 8.15. The van der Waals surface area contributed by atoms with Gasteiger partial charge in [-0.25, -0.2) is 4.99 Å². The molecule has 1 heterocycles. The maximum Gasteiger partial charge on any atom is 0.242 e. The molecule has 1 saturated carbocycles. The molecule has 1 saturated heterocycles. The SMILES string of the molecule is CCOc1ccc(NC(=O)C[C@H]2SC(=Nc3ccc(C)cc3)N(C3CC3)C2=O)cc1. The molecule has 1 aliphatic heterocycles. The van der Waals surface area contributed by atoms with Gasteiger partial charge in [-0.05, 0) is 63.1 Å². The van der Waals surface area contributed by atoms with Gasteiger partial charge in [0.1, 0.15) is 11.0 Å². The quantitative estimate of drug-likeness (QED) is 0.711. The summed E-state index contributed by atoms with van der Waals surface area (Å²) >= 11 is 1.39. The summed E-state index contributed by atoms with van der Waals surface area (Å²) in [5, 5.41) is 3.12. The van der Waals surface area contributed by atoms with Crippen molar-refractivity contribution in [2.75, 3.05) is 11.9 Å². The number of amidine groups is 1. The van der Waals surface area contributed by atoms with E-state index in [1.54, 1.807) is 17.0 Å². The van der Waals surface area contributed by atoms with E-state index in [9.17, 15) is 9.59 Å². The molecule has 0 aromatic heterocycles. The Labute approximate surface area is 180 Å². The van der Waals surface area contributed by atoms with Crippen LogP contribution in [0.25, 0.3) is 0 Å². The fourth-order valence-electron chi connectivity index (χ4n) is 3.27. The molecule has 0 unspecified atom stereocenters. The van der Waals surface area contributed by atoms with E-state index in [0.717, 1.165) is 29.8 Å². The molecule has 6 nitrogen and oxygen atoms in total. The van der Waals surface area contributed by atoms with Crippen molar-refractivity contribution in [1.29, 1.82) is 0 Å². The third-order valence-corrected chi connectivity index (χ3v) is 6.11. The van der Waals surface area contributed by atoms with E-state index in [0.29, 0.717) is 17.5 Å². The molecule has 1 N–H and O–H groups in total. The van der Waals surface area contributed by atoms with E-state index in [1.165, 1.54) is 11.8 Å². The zero-order valence-corrected chi connectivity index (χ0v) is 17.9. The number of benzene rings is 2. The van der Waals surface area contributed by atoms with Gasteiger partial charge in [0.05, 0.1) is 12.3 Å². The number of nitrogens with one attached hydrogen (secondary N) is 1. The smallest absolute Gasteiger partial charge is 0.242 e. The Morgan fingerprint density at radius 2 is 1.87 bits per heavy atom. The summed E-state index contributed by atoms with van der Waals surface area (Å²) in [6, 6.07) is 15.3. The second kappa shape index (κ2) is 8.92. The predicted octanol–water partition coefficient (Wildman–Crippen LogP) is 4.52. The highest BCUT2D eigenvalue weighted by atomic mass is 32.2.